The Hall–Kier alpha value is -0.130. The first kappa shape index (κ1) is 23.9. The maximum atomic E-state index is 11.2. The molecule has 1 heterocycles. The Morgan fingerprint density at radius 3 is 2.62 bits per heavy atom. The van der Waals surface area contributed by atoms with Crippen LogP contribution in [-0.2, 0) is 14.6 Å². The molecule has 1 rings (SSSR count). The van der Waals surface area contributed by atoms with Gasteiger partial charge in [-0.1, -0.05) is 0 Å². The lowest BCUT2D eigenvalue weighted by atomic mass is 10.2. The Morgan fingerprint density at radius 2 is 2.08 bits per heavy atom. The van der Waals surface area contributed by atoms with Crippen LogP contribution in [-0.4, -0.2) is 82.8 Å². The zero-order chi connectivity index (χ0) is 17.5. The number of guanidine groups is 1. The molecule has 3 atom stereocenters. The third-order valence-electron chi connectivity index (χ3n) is 4.08. The summed E-state index contributed by atoms with van der Waals surface area (Å²) in [6.07, 6.45) is 1.83. The maximum absolute atomic E-state index is 11.2. The number of rotatable bonds is 7. The van der Waals surface area contributed by atoms with Gasteiger partial charge in [0.15, 0.2) is 5.96 Å². The van der Waals surface area contributed by atoms with Gasteiger partial charge in [0, 0.05) is 44.5 Å². The van der Waals surface area contributed by atoms with Crippen molar-refractivity contribution in [1.29, 1.82) is 0 Å². The summed E-state index contributed by atoms with van der Waals surface area (Å²) in [5.74, 6) is 0.888. The molecule has 0 aromatic carbocycles. The molecule has 144 valence electrons. The number of hydrogen-bond donors (Lipinski definition) is 2. The standard InChI is InChI=1S/C15H32N4O3S.HI/c1-12(6-9-23(5,20)21)18-15(16-4)17-10-13(2)19-7-8-22-11-14(19)3;/h12-14H,6-11H2,1-5H3,(H2,16,17,18);1H. The molecule has 0 amide bonds. The van der Waals surface area contributed by atoms with Crippen molar-refractivity contribution in [3.8, 4) is 0 Å². The normalized spacial score (nSPS) is 22.4. The number of morpholine rings is 1. The van der Waals surface area contributed by atoms with Crippen LogP contribution in [0, 0.1) is 0 Å². The highest BCUT2D eigenvalue weighted by molar-refractivity contribution is 14.0. The van der Waals surface area contributed by atoms with E-state index in [1.807, 2.05) is 6.92 Å². The maximum Gasteiger partial charge on any atom is 0.191 e. The number of ether oxygens (including phenoxy) is 1. The SMILES string of the molecule is CN=C(NCC(C)N1CCOCC1C)NC(C)CCS(C)(=O)=O.I. The van der Waals surface area contributed by atoms with Crippen molar-refractivity contribution in [2.75, 3.05) is 45.4 Å². The van der Waals surface area contributed by atoms with Crippen molar-refractivity contribution in [1.82, 2.24) is 15.5 Å². The monoisotopic (exact) mass is 476 g/mol. The van der Waals surface area contributed by atoms with Crippen molar-refractivity contribution in [3.63, 3.8) is 0 Å². The Morgan fingerprint density at radius 1 is 1.42 bits per heavy atom. The summed E-state index contributed by atoms with van der Waals surface area (Å²) in [5, 5.41) is 6.56. The van der Waals surface area contributed by atoms with Crippen molar-refractivity contribution < 1.29 is 13.2 Å². The van der Waals surface area contributed by atoms with E-state index in [0.29, 0.717) is 24.5 Å². The molecular formula is C15H33IN4O3S. The fourth-order valence-electron chi connectivity index (χ4n) is 2.65. The van der Waals surface area contributed by atoms with E-state index in [1.54, 1.807) is 7.05 Å². The minimum Gasteiger partial charge on any atom is -0.379 e. The predicted molar refractivity (Wildman–Crippen MR) is 110 cm³/mol. The lowest BCUT2D eigenvalue weighted by Crippen LogP contribution is -2.53. The second-order valence-corrected chi connectivity index (χ2v) is 8.69. The van der Waals surface area contributed by atoms with E-state index in [9.17, 15) is 8.42 Å². The molecular weight excluding hydrogens is 443 g/mol. The van der Waals surface area contributed by atoms with Gasteiger partial charge in [0.05, 0.1) is 19.0 Å². The van der Waals surface area contributed by atoms with Crippen LogP contribution in [0.25, 0.3) is 0 Å². The largest absolute Gasteiger partial charge is 0.379 e. The van der Waals surface area contributed by atoms with E-state index >= 15 is 0 Å². The van der Waals surface area contributed by atoms with Crippen LogP contribution in [0.15, 0.2) is 4.99 Å². The summed E-state index contributed by atoms with van der Waals surface area (Å²) < 4.78 is 27.9. The van der Waals surface area contributed by atoms with Crippen molar-refractivity contribution in [2.24, 2.45) is 4.99 Å². The lowest BCUT2D eigenvalue weighted by Gasteiger charge is -2.38. The molecule has 24 heavy (non-hydrogen) atoms. The summed E-state index contributed by atoms with van der Waals surface area (Å²) in [4.78, 5) is 6.64. The molecule has 0 spiro atoms. The molecule has 0 aromatic rings. The summed E-state index contributed by atoms with van der Waals surface area (Å²) in [7, 11) is -1.20. The smallest absolute Gasteiger partial charge is 0.191 e. The Bertz CT molecular complexity index is 487. The van der Waals surface area contributed by atoms with Crippen LogP contribution in [0.1, 0.15) is 27.2 Å². The second-order valence-electron chi connectivity index (χ2n) is 6.43. The van der Waals surface area contributed by atoms with E-state index in [-0.39, 0.29) is 35.8 Å². The number of halogens is 1. The van der Waals surface area contributed by atoms with Crippen molar-refractivity contribution in [3.05, 3.63) is 0 Å². The third kappa shape index (κ3) is 9.38. The van der Waals surface area contributed by atoms with Crippen LogP contribution in [0.5, 0.6) is 0 Å². The first-order valence-electron chi connectivity index (χ1n) is 8.21. The summed E-state index contributed by atoms with van der Waals surface area (Å²) >= 11 is 0. The van der Waals surface area contributed by atoms with Crippen LogP contribution >= 0.6 is 24.0 Å². The van der Waals surface area contributed by atoms with Gasteiger partial charge < -0.3 is 15.4 Å². The van der Waals surface area contributed by atoms with Crippen LogP contribution < -0.4 is 10.6 Å². The van der Waals surface area contributed by atoms with E-state index in [2.05, 4.69) is 34.4 Å². The minimum atomic E-state index is -2.93. The van der Waals surface area contributed by atoms with Gasteiger partial charge in [-0.3, -0.25) is 9.89 Å². The van der Waals surface area contributed by atoms with Crippen molar-refractivity contribution in [2.45, 2.75) is 45.3 Å². The fourth-order valence-corrected chi connectivity index (χ4v) is 3.43. The van der Waals surface area contributed by atoms with Gasteiger partial charge in [0.2, 0.25) is 0 Å². The minimum absolute atomic E-state index is 0. The predicted octanol–water partition coefficient (Wildman–Crippen LogP) is 0.702. The number of nitrogens with zero attached hydrogens (tertiary/aromatic N) is 2. The van der Waals surface area contributed by atoms with Crippen LogP contribution in [0.4, 0.5) is 0 Å². The van der Waals surface area contributed by atoms with E-state index < -0.39 is 9.84 Å². The highest BCUT2D eigenvalue weighted by Gasteiger charge is 2.23. The highest BCUT2D eigenvalue weighted by Crippen LogP contribution is 2.10. The van der Waals surface area contributed by atoms with Gasteiger partial charge in [-0.25, -0.2) is 8.42 Å². The van der Waals surface area contributed by atoms with Crippen LogP contribution in [0.3, 0.4) is 0 Å². The molecule has 0 bridgehead atoms. The average molecular weight is 476 g/mol. The van der Waals surface area contributed by atoms with Crippen LogP contribution in [0.2, 0.25) is 0 Å². The molecule has 2 N–H and O–H groups in total. The molecule has 0 radical (unpaired) electrons. The van der Waals surface area contributed by atoms with Gasteiger partial charge in [0.1, 0.15) is 9.84 Å². The molecule has 0 saturated carbocycles. The first-order valence-corrected chi connectivity index (χ1v) is 10.3. The number of nitrogens with one attached hydrogen (secondary N) is 2. The van der Waals surface area contributed by atoms with Crippen molar-refractivity contribution >= 4 is 39.8 Å². The van der Waals surface area contributed by atoms with E-state index in [4.69, 9.17) is 4.74 Å². The van der Waals surface area contributed by atoms with Gasteiger partial charge >= 0.3 is 0 Å². The summed E-state index contributed by atoms with van der Waals surface area (Å²) in [6.45, 7) is 9.62. The van der Waals surface area contributed by atoms with E-state index in [1.165, 1.54) is 6.26 Å². The number of hydrogen-bond acceptors (Lipinski definition) is 5. The Balaban J connectivity index is 0.00000529. The van der Waals surface area contributed by atoms with Gasteiger partial charge in [-0.2, -0.15) is 0 Å². The van der Waals surface area contributed by atoms with Gasteiger partial charge in [-0.15, -0.1) is 24.0 Å². The number of sulfone groups is 1. The molecule has 7 nitrogen and oxygen atoms in total. The average Bonchev–Trinajstić information content (AvgIpc) is 2.48. The van der Waals surface area contributed by atoms with Gasteiger partial charge in [-0.05, 0) is 27.2 Å². The summed E-state index contributed by atoms with van der Waals surface area (Å²) in [5.41, 5.74) is 0. The zero-order valence-electron chi connectivity index (χ0n) is 15.4. The van der Waals surface area contributed by atoms with Gasteiger partial charge in [0.25, 0.3) is 0 Å². The van der Waals surface area contributed by atoms with E-state index in [0.717, 1.165) is 26.3 Å². The molecule has 0 aliphatic carbocycles. The Labute approximate surface area is 163 Å². The fraction of sp³-hybridized carbons (Fsp3) is 0.933. The quantitative estimate of drug-likeness (QED) is 0.320. The summed E-state index contributed by atoms with van der Waals surface area (Å²) in [6, 6.07) is 0.844. The zero-order valence-corrected chi connectivity index (χ0v) is 18.6. The molecule has 3 unspecified atom stereocenters. The lowest BCUT2D eigenvalue weighted by molar-refractivity contribution is -0.0174. The molecule has 9 heteroatoms. The second kappa shape index (κ2) is 11.5. The molecule has 1 aliphatic heterocycles. The molecule has 0 aromatic heterocycles. The molecule has 1 aliphatic rings. The Kier molecular flexibility index (Phi) is 11.4. The molecule has 1 saturated heterocycles. The highest BCUT2D eigenvalue weighted by atomic mass is 127. The topological polar surface area (TPSA) is 83.0 Å². The molecule has 1 fully saturated rings. The number of aliphatic imine (C=N–C) groups is 1. The first-order chi connectivity index (χ1) is 10.7. The third-order valence-corrected chi connectivity index (χ3v) is 5.06.